The molecule has 0 atom stereocenters. The van der Waals surface area contributed by atoms with E-state index >= 15 is 0 Å². The lowest BCUT2D eigenvalue weighted by Crippen LogP contribution is -2.43. The van der Waals surface area contributed by atoms with Gasteiger partial charge in [0.25, 0.3) is 10.0 Å². The third-order valence-corrected chi connectivity index (χ3v) is 4.26. The van der Waals surface area contributed by atoms with Crippen LogP contribution in [0.3, 0.4) is 0 Å². The number of rotatable bonds is 8. The molecule has 0 aliphatic rings. The van der Waals surface area contributed by atoms with Crippen LogP contribution in [0.4, 0.5) is 0 Å². The molecule has 1 aromatic carbocycles. The summed E-state index contributed by atoms with van der Waals surface area (Å²) in [4.78, 5) is 23.9. The van der Waals surface area contributed by atoms with Crippen molar-refractivity contribution >= 4 is 28.0 Å². The van der Waals surface area contributed by atoms with E-state index in [4.69, 9.17) is 14.6 Å². The van der Waals surface area contributed by atoms with Gasteiger partial charge in [-0.15, -0.1) is 4.83 Å². The predicted molar refractivity (Wildman–Crippen MR) is 89.5 cm³/mol. The van der Waals surface area contributed by atoms with E-state index in [0.29, 0.717) is 0 Å². The molecule has 0 bridgehead atoms. The minimum Gasteiger partial charge on any atom is -0.493 e. The lowest BCUT2D eigenvalue weighted by molar-refractivity contribution is -0.131. The van der Waals surface area contributed by atoms with Gasteiger partial charge >= 0.3 is 5.97 Å². The van der Waals surface area contributed by atoms with E-state index in [2.05, 4.69) is 5.43 Å². The fourth-order valence-electron chi connectivity index (χ4n) is 1.73. The van der Waals surface area contributed by atoms with E-state index in [9.17, 15) is 18.0 Å². The molecule has 25 heavy (non-hydrogen) atoms. The summed E-state index contributed by atoms with van der Waals surface area (Å²) >= 11 is 0. The van der Waals surface area contributed by atoms with Crippen LogP contribution in [0.2, 0.25) is 0 Å². The second kappa shape index (κ2) is 8.49. The van der Waals surface area contributed by atoms with Gasteiger partial charge in [-0.1, -0.05) is 13.8 Å². The summed E-state index contributed by atoms with van der Waals surface area (Å²) in [7, 11) is -1.62. The Morgan fingerprint density at radius 3 is 2.32 bits per heavy atom. The van der Waals surface area contributed by atoms with Crippen molar-refractivity contribution in [3.05, 3.63) is 23.8 Å². The van der Waals surface area contributed by atoms with Gasteiger partial charge in [0.2, 0.25) is 5.91 Å². The standard InChI is InChI=1S/C15H20N2O7S/c1-9(2)15(20)16-17-25(21,22)12-8-10(5-6-13(18)19)7-11(23-3)14(12)24-4/h5-9,17H,1-4H3,(H,16,20)(H,18,19)/b6-5+. The number of hydrogen-bond acceptors (Lipinski definition) is 6. The average Bonchev–Trinajstić information content (AvgIpc) is 2.56. The van der Waals surface area contributed by atoms with Crippen molar-refractivity contribution in [1.29, 1.82) is 0 Å². The van der Waals surface area contributed by atoms with E-state index in [0.717, 1.165) is 6.08 Å². The van der Waals surface area contributed by atoms with Gasteiger partial charge in [-0.25, -0.2) is 13.2 Å². The maximum absolute atomic E-state index is 12.5. The second-order valence-electron chi connectivity index (χ2n) is 5.18. The molecular formula is C15H20N2O7S. The third kappa shape index (κ3) is 5.47. The van der Waals surface area contributed by atoms with Crippen LogP contribution in [0.15, 0.2) is 23.1 Å². The molecule has 0 spiro atoms. The number of amides is 1. The number of carbonyl (C=O) groups excluding carboxylic acids is 1. The highest BCUT2D eigenvalue weighted by atomic mass is 32.2. The van der Waals surface area contributed by atoms with E-state index in [-0.39, 0.29) is 22.0 Å². The molecule has 0 aromatic heterocycles. The molecule has 0 fully saturated rings. The number of benzene rings is 1. The number of hydrazine groups is 1. The molecule has 1 rings (SSSR count). The average molecular weight is 372 g/mol. The molecule has 10 heteroatoms. The SMILES string of the molecule is COc1cc(/C=C/C(=O)O)cc(S(=O)(=O)NNC(=O)C(C)C)c1OC. The number of sulfonamides is 1. The maximum atomic E-state index is 12.5. The molecule has 9 nitrogen and oxygen atoms in total. The molecule has 0 saturated heterocycles. The molecule has 0 saturated carbocycles. The molecule has 1 aromatic rings. The van der Waals surface area contributed by atoms with Crippen molar-refractivity contribution in [2.75, 3.05) is 14.2 Å². The van der Waals surface area contributed by atoms with Crippen LogP contribution in [0, 0.1) is 5.92 Å². The molecule has 138 valence electrons. The highest BCUT2D eigenvalue weighted by molar-refractivity contribution is 7.89. The number of ether oxygens (including phenoxy) is 2. The monoisotopic (exact) mass is 372 g/mol. The molecule has 0 aliphatic heterocycles. The van der Waals surface area contributed by atoms with Gasteiger partial charge in [0.15, 0.2) is 11.5 Å². The van der Waals surface area contributed by atoms with Gasteiger partial charge in [0.1, 0.15) is 4.90 Å². The van der Waals surface area contributed by atoms with E-state index < -0.39 is 27.8 Å². The van der Waals surface area contributed by atoms with Gasteiger partial charge in [-0.2, -0.15) is 0 Å². The summed E-state index contributed by atoms with van der Waals surface area (Å²) < 4.78 is 35.2. The first kappa shape index (κ1) is 20.5. The van der Waals surface area contributed by atoms with Gasteiger partial charge < -0.3 is 14.6 Å². The lowest BCUT2D eigenvalue weighted by Gasteiger charge is -2.15. The van der Waals surface area contributed by atoms with Crippen LogP contribution in [0.1, 0.15) is 19.4 Å². The Morgan fingerprint density at radius 1 is 1.20 bits per heavy atom. The van der Waals surface area contributed by atoms with Crippen molar-refractivity contribution in [3.8, 4) is 11.5 Å². The first-order valence-corrected chi connectivity index (χ1v) is 8.59. The zero-order valence-corrected chi connectivity index (χ0v) is 15.0. The maximum Gasteiger partial charge on any atom is 0.328 e. The Labute approximate surface area is 145 Å². The molecule has 0 aliphatic carbocycles. The number of carbonyl (C=O) groups is 2. The molecule has 3 N–H and O–H groups in total. The fraction of sp³-hybridized carbons (Fsp3) is 0.333. The summed E-state index contributed by atoms with van der Waals surface area (Å²) in [6.07, 6.45) is 2.06. The van der Waals surface area contributed by atoms with Crippen LogP contribution in [0.25, 0.3) is 6.08 Å². The fourth-order valence-corrected chi connectivity index (χ4v) is 2.79. The molecule has 0 heterocycles. The van der Waals surface area contributed by atoms with Gasteiger partial charge in [0, 0.05) is 12.0 Å². The Kier molecular flexibility index (Phi) is 6.95. The molecule has 0 unspecified atom stereocenters. The largest absolute Gasteiger partial charge is 0.493 e. The number of methoxy groups -OCH3 is 2. The first-order chi connectivity index (χ1) is 11.6. The summed E-state index contributed by atoms with van der Waals surface area (Å²) in [5, 5.41) is 8.71. The predicted octanol–water partition coefficient (Wildman–Crippen LogP) is 0.767. The van der Waals surface area contributed by atoms with Gasteiger partial charge in [-0.3, -0.25) is 10.2 Å². The van der Waals surface area contributed by atoms with E-state index in [1.165, 1.54) is 32.4 Å². The summed E-state index contributed by atoms with van der Waals surface area (Å²) in [5.41, 5.74) is 2.35. The van der Waals surface area contributed by atoms with Gasteiger partial charge in [0.05, 0.1) is 14.2 Å². The smallest absolute Gasteiger partial charge is 0.328 e. The zero-order chi connectivity index (χ0) is 19.2. The highest BCUT2D eigenvalue weighted by Gasteiger charge is 2.24. The number of carboxylic acids is 1. The number of aliphatic carboxylic acids is 1. The Balaban J connectivity index is 3.36. The summed E-state index contributed by atoms with van der Waals surface area (Å²) in [6.45, 7) is 3.20. The lowest BCUT2D eigenvalue weighted by atomic mass is 10.2. The van der Waals surface area contributed by atoms with Crippen molar-refractivity contribution < 1.29 is 32.6 Å². The van der Waals surface area contributed by atoms with Crippen LogP contribution in [0.5, 0.6) is 11.5 Å². The Bertz CT molecular complexity index is 785. The number of carboxylic acid groups (broad SMARTS) is 1. The molecule has 0 radical (unpaired) electrons. The second-order valence-corrected chi connectivity index (χ2v) is 6.83. The Hall–Kier alpha value is -2.59. The van der Waals surface area contributed by atoms with Crippen molar-refractivity contribution in [2.45, 2.75) is 18.7 Å². The number of hydrogen-bond donors (Lipinski definition) is 3. The summed E-state index contributed by atoms with van der Waals surface area (Å²) in [6, 6.07) is 2.62. The van der Waals surface area contributed by atoms with Crippen LogP contribution < -0.4 is 19.7 Å². The number of nitrogens with one attached hydrogen (secondary N) is 2. The van der Waals surface area contributed by atoms with Crippen LogP contribution in [-0.2, 0) is 19.6 Å². The normalized spacial score (nSPS) is 11.6. The van der Waals surface area contributed by atoms with Gasteiger partial charge in [-0.05, 0) is 23.8 Å². The Morgan fingerprint density at radius 2 is 1.84 bits per heavy atom. The zero-order valence-electron chi connectivity index (χ0n) is 14.2. The third-order valence-electron chi connectivity index (χ3n) is 3.01. The van der Waals surface area contributed by atoms with E-state index in [1.54, 1.807) is 13.8 Å². The first-order valence-electron chi connectivity index (χ1n) is 7.11. The minimum absolute atomic E-state index is 0.0822. The van der Waals surface area contributed by atoms with Crippen LogP contribution in [-0.4, -0.2) is 39.6 Å². The molecule has 1 amide bonds. The van der Waals surface area contributed by atoms with E-state index in [1.807, 2.05) is 4.83 Å². The molecular weight excluding hydrogens is 352 g/mol. The highest BCUT2D eigenvalue weighted by Crippen LogP contribution is 2.35. The topological polar surface area (TPSA) is 131 Å². The summed E-state index contributed by atoms with van der Waals surface area (Å²) in [5.74, 6) is -2.13. The quantitative estimate of drug-likeness (QED) is 0.454. The van der Waals surface area contributed by atoms with Crippen molar-refractivity contribution in [3.63, 3.8) is 0 Å². The van der Waals surface area contributed by atoms with Crippen molar-refractivity contribution in [1.82, 2.24) is 10.3 Å². The van der Waals surface area contributed by atoms with Crippen molar-refractivity contribution in [2.24, 2.45) is 5.92 Å². The minimum atomic E-state index is -4.19. The van der Waals surface area contributed by atoms with Crippen LogP contribution >= 0.6 is 0 Å².